The summed E-state index contributed by atoms with van der Waals surface area (Å²) in [5.74, 6) is 0.155. The maximum absolute atomic E-state index is 11.5. The zero-order chi connectivity index (χ0) is 14.7. The fourth-order valence-corrected chi connectivity index (χ4v) is 5.81. The summed E-state index contributed by atoms with van der Waals surface area (Å²) < 4.78 is 0. The minimum absolute atomic E-state index is 0.0684. The lowest BCUT2D eigenvalue weighted by Gasteiger charge is -2.72. The average molecular weight is 286 g/mol. The van der Waals surface area contributed by atoms with Gasteiger partial charge in [0.05, 0.1) is 11.2 Å². The van der Waals surface area contributed by atoms with E-state index in [-0.39, 0.29) is 5.41 Å². The van der Waals surface area contributed by atoms with Crippen molar-refractivity contribution in [3.63, 3.8) is 0 Å². The molecule has 3 nitrogen and oxygen atoms in total. The van der Waals surface area contributed by atoms with Gasteiger partial charge in [0.2, 0.25) is 0 Å². The molecule has 0 aliphatic heterocycles. The van der Waals surface area contributed by atoms with Gasteiger partial charge in [0.25, 0.3) is 0 Å². The molecule has 0 amide bonds. The van der Waals surface area contributed by atoms with E-state index in [0.29, 0.717) is 17.4 Å². The minimum Gasteiger partial charge on any atom is -0.478 e. The van der Waals surface area contributed by atoms with Gasteiger partial charge in [-0.25, -0.2) is 4.79 Å². The van der Waals surface area contributed by atoms with Crippen LogP contribution in [0.5, 0.6) is 0 Å². The van der Waals surface area contributed by atoms with Crippen LogP contribution in [0.4, 0.5) is 0 Å². The van der Waals surface area contributed by atoms with E-state index in [1.54, 1.807) is 12.1 Å². The van der Waals surface area contributed by atoms with Crippen molar-refractivity contribution in [2.45, 2.75) is 50.5 Å². The summed E-state index contributed by atoms with van der Waals surface area (Å²) in [6.45, 7) is 0. The number of hydrogen-bond acceptors (Lipinski definition) is 2. The summed E-state index contributed by atoms with van der Waals surface area (Å²) >= 11 is 0. The number of aromatic carboxylic acids is 1. The van der Waals surface area contributed by atoms with Crippen LogP contribution in [0.3, 0.4) is 0 Å². The van der Waals surface area contributed by atoms with Gasteiger partial charge in [0.1, 0.15) is 0 Å². The molecule has 0 aromatic heterocycles. The number of benzene rings is 1. The van der Waals surface area contributed by atoms with Gasteiger partial charge in [-0.15, -0.1) is 0 Å². The Balaban J connectivity index is 1.74. The Hall–Kier alpha value is -1.35. The van der Waals surface area contributed by atoms with Gasteiger partial charge < -0.3 is 10.2 Å². The Morgan fingerprint density at radius 3 is 2.38 bits per heavy atom. The van der Waals surface area contributed by atoms with E-state index in [0.717, 1.165) is 24.8 Å². The van der Waals surface area contributed by atoms with Crippen molar-refractivity contribution in [2.75, 3.05) is 0 Å². The largest absolute Gasteiger partial charge is 0.478 e. The third-order valence-electron chi connectivity index (χ3n) is 6.59. The molecule has 0 heterocycles. The van der Waals surface area contributed by atoms with E-state index in [2.05, 4.69) is 0 Å². The number of rotatable bonds is 2. The molecule has 3 aliphatic rings. The number of carboxylic acid groups (broad SMARTS) is 1. The molecule has 1 spiro atoms. The molecule has 1 unspecified atom stereocenters. The maximum Gasteiger partial charge on any atom is 0.335 e. The lowest BCUT2D eigenvalue weighted by atomic mass is 9.34. The number of carbonyl (C=O) groups is 1. The SMILES string of the molecule is O=C(O)c1ccc(C2(O)[C@@H]3CCC[C@]24CCCC[C@@H]34)cc1. The van der Waals surface area contributed by atoms with E-state index in [9.17, 15) is 9.90 Å². The van der Waals surface area contributed by atoms with Gasteiger partial charge in [-0.3, -0.25) is 0 Å². The van der Waals surface area contributed by atoms with E-state index >= 15 is 0 Å². The first-order valence-corrected chi connectivity index (χ1v) is 8.16. The first-order chi connectivity index (χ1) is 10.1. The molecule has 112 valence electrons. The lowest BCUT2D eigenvalue weighted by Crippen LogP contribution is -2.71. The molecule has 4 rings (SSSR count). The first kappa shape index (κ1) is 13.3. The lowest BCUT2D eigenvalue weighted by molar-refractivity contribution is -0.312. The smallest absolute Gasteiger partial charge is 0.335 e. The Bertz CT molecular complexity index is 573. The van der Waals surface area contributed by atoms with Gasteiger partial charge in [-0.2, -0.15) is 0 Å². The predicted molar refractivity (Wildman–Crippen MR) is 79.0 cm³/mol. The standard InChI is InChI=1S/C18H22O3/c19-16(20)12-6-8-13(9-7-12)18(21)15-5-3-11-17(18)10-2-1-4-14(15)17/h6-9,14-15,21H,1-5,10-11H2,(H,19,20)/t14-,15+,17-,18?/m0/s1. The molecule has 2 bridgehead atoms. The van der Waals surface area contributed by atoms with Crippen LogP contribution in [0.1, 0.15) is 60.9 Å². The van der Waals surface area contributed by atoms with Gasteiger partial charge in [0, 0.05) is 5.41 Å². The fourth-order valence-electron chi connectivity index (χ4n) is 5.81. The Kier molecular flexibility index (Phi) is 2.74. The minimum atomic E-state index is -0.906. The van der Waals surface area contributed by atoms with Gasteiger partial charge in [-0.05, 0) is 55.2 Å². The number of carboxylic acids is 1. The van der Waals surface area contributed by atoms with Crippen molar-refractivity contribution in [1.82, 2.24) is 0 Å². The highest BCUT2D eigenvalue weighted by Gasteiger charge is 2.72. The summed E-state index contributed by atoms with van der Waals surface area (Å²) in [6, 6.07) is 6.96. The van der Waals surface area contributed by atoms with Crippen molar-refractivity contribution in [3.05, 3.63) is 35.4 Å². The molecule has 3 aliphatic carbocycles. The molecule has 3 saturated carbocycles. The third kappa shape index (κ3) is 1.50. The Morgan fingerprint density at radius 2 is 1.67 bits per heavy atom. The number of fused-ring (bicyclic) bond motifs is 2. The Labute approximate surface area is 125 Å². The second-order valence-corrected chi connectivity index (χ2v) is 7.16. The van der Waals surface area contributed by atoms with Crippen LogP contribution < -0.4 is 0 Å². The van der Waals surface area contributed by atoms with E-state index in [1.807, 2.05) is 12.1 Å². The van der Waals surface area contributed by atoms with Crippen LogP contribution in [0.25, 0.3) is 0 Å². The zero-order valence-corrected chi connectivity index (χ0v) is 12.2. The normalized spacial score (nSPS) is 41.0. The van der Waals surface area contributed by atoms with E-state index < -0.39 is 11.6 Å². The molecule has 21 heavy (non-hydrogen) atoms. The van der Waals surface area contributed by atoms with Crippen LogP contribution in [-0.2, 0) is 5.60 Å². The highest BCUT2D eigenvalue weighted by atomic mass is 16.4. The molecule has 4 atom stereocenters. The maximum atomic E-state index is 11.5. The van der Waals surface area contributed by atoms with Crippen molar-refractivity contribution >= 4 is 5.97 Å². The molecule has 1 aromatic rings. The summed E-state index contributed by atoms with van der Waals surface area (Å²) in [5.41, 5.74) is 0.589. The van der Waals surface area contributed by atoms with Crippen molar-refractivity contribution in [1.29, 1.82) is 0 Å². The van der Waals surface area contributed by atoms with Gasteiger partial charge >= 0.3 is 5.97 Å². The topological polar surface area (TPSA) is 57.5 Å². The van der Waals surface area contributed by atoms with Crippen molar-refractivity contribution < 1.29 is 15.0 Å². The molecular weight excluding hydrogens is 264 g/mol. The summed E-state index contributed by atoms with van der Waals surface area (Å²) in [6.07, 6.45) is 8.40. The Morgan fingerprint density at radius 1 is 1.00 bits per heavy atom. The quantitative estimate of drug-likeness (QED) is 0.874. The van der Waals surface area contributed by atoms with Crippen molar-refractivity contribution in [2.24, 2.45) is 17.3 Å². The highest BCUT2D eigenvalue weighted by Crippen LogP contribution is 2.74. The molecule has 0 saturated heterocycles. The second kappa shape index (κ2) is 4.33. The van der Waals surface area contributed by atoms with Crippen molar-refractivity contribution in [3.8, 4) is 0 Å². The number of aliphatic hydroxyl groups is 1. The molecular formula is C18H22O3. The molecule has 1 aromatic carbocycles. The van der Waals surface area contributed by atoms with E-state index in [4.69, 9.17) is 5.11 Å². The predicted octanol–water partition coefficient (Wildman–Crippen LogP) is 3.56. The average Bonchev–Trinajstić information content (AvgIpc) is 2.53. The van der Waals surface area contributed by atoms with Crippen LogP contribution in [0.2, 0.25) is 0 Å². The highest BCUT2D eigenvalue weighted by molar-refractivity contribution is 5.87. The monoisotopic (exact) mass is 286 g/mol. The summed E-state index contributed by atoms with van der Waals surface area (Å²) in [7, 11) is 0. The summed E-state index contributed by atoms with van der Waals surface area (Å²) in [5, 5.41) is 20.6. The molecule has 3 heteroatoms. The molecule has 2 N–H and O–H groups in total. The zero-order valence-electron chi connectivity index (χ0n) is 12.2. The third-order valence-corrected chi connectivity index (χ3v) is 6.59. The van der Waals surface area contributed by atoms with Gasteiger partial charge in [-0.1, -0.05) is 31.4 Å². The fraction of sp³-hybridized carbons (Fsp3) is 0.611. The molecule has 0 radical (unpaired) electrons. The van der Waals surface area contributed by atoms with Crippen LogP contribution in [0, 0.1) is 17.3 Å². The van der Waals surface area contributed by atoms with Gasteiger partial charge in [0.15, 0.2) is 0 Å². The summed E-state index contributed by atoms with van der Waals surface area (Å²) in [4.78, 5) is 11.0. The van der Waals surface area contributed by atoms with Crippen LogP contribution >= 0.6 is 0 Å². The van der Waals surface area contributed by atoms with Crippen LogP contribution in [-0.4, -0.2) is 16.2 Å². The van der Waals surface area contributed by atoms with Crippen LogP contribution in [0.15, 0.2) is 24.3 Å². The second-order valence-electron chi connectivity index (χ2n) is 7.16. The van der Waals surface area contributed by atoms with E-state index in [1.165, 1.54) is 25.7 Å². The number of hydrogen-bond donors (Lipinski definition) is 2. The first-order valence-electron chi connectivity index (χ1n) is 8.16. The molecule has 3 fully saturated rings.